The zero-order valence-corrected chi connectivity index (χ0v) is 14.8. The molecular formula is C14H15ClF3N5O3. The Morgan fingerprint density at radius 2 is 2.04 bits per heavy atom. The Morgan fingerprint density at radius 1 is 1.38 bits per heavy atom. The molecule has 2 aromatic heterocycles. The average molecular weight is 394 g/mol. The number of aromatic nitrogens is 4. The molecule has 1 amide bonds. The summed E-state index contributed by atoms with van der Waals surface area (Å²) >= 11 is 5.64. The minimum Gasteiger partial charge on any atom is -0.462 e. The van der Waals surface area contributed by atoms with Gasteiger partial charge in [-0.1, -0.05) is 11.6 Å². The van der Waals surface area contributed by atoms with Gasteiger partial charge in [-0.15, -0.1) is 0 Å². The predicted molar refractivity (Wildman–Crippen MR) is 84.8 cm³/mol. The molecule has 0 bridgehead atoms. The monoisotopic (exact) mass is 393 g/mol. The second kappa shape index (κ2) is 7.36. The Hall–Kier alpha value is -2.56. The first-order valence-electron chi connectivity index (χ1n) is 7.35. The number of hydrogen-bond acceptors (Lipinski definition) is 5. The number of aryl methyl sites for hydroxylation is 1. The largest absolute Gasteiger partial charge is 0.462 e. The van der Waals surface area contributed by atoms with Crippen molar-refractivity contribution in [3.8, 4) is 0 Å². The van der Waals surface area contributed by atoms with E-state index in [4.69, 9.17) is 16.3 Å². The van der Waals surface area contributed by atoms with E-state index >= 15 is 0 Å². The third-order valence-electron chi connectivity index (χ3n) is 3.39. The maximum atomic E-state index is 12.8. The van der Waals surface area contributed by atoms with Crippen molar-refractivity contribution in [2.24, 2.45) is 7.05 Å². The predicted octanol–water partition coefficient (Wildman–Crippen LogP) is 2.41. The van der Waals surface area contributed by atoms with Crippen molar-refractivity contribution in [3.05, 3.63) is 28.2 Å². The first kappa shape index (κ1) is 19.8. The highest BCUT2D eigenvalue weighted by atomic mass is 35.5. The summed E-state index contributed by atoms with van der Waals surface area (Å²) in [5, 5.41) is 9.05. The fraction of sp³-hybridized carbons (Fsp3) is 0.429. The molecule has 0 spiro atoms. The van der Waals surface area contributed by atoms with Crippen molar-refractivity contribution in [2.45, 2.75) is 26.6 Å². The van der Waals surface area contributed by atoms with Crippen molar-refractivity contribution < 1.29 is 27.5 Å². The summed E-state index contributed by atoms with van der Waals surface area (Å²) in [4.78, 5) is 24.0. The van der Waals surface area contributed by atoms with Crippen molar-refractivity contribution in [2.75, 3.05) is 11.9 Å². The van der Waals surface area contributed by atoms with Crippen LogP contribution in [0, 0.1) is 6.92 Å². The quantitative estimate of drug-likeness (QED) is 0.788. The maximum absolute atomic E-state index is 12.8. The van der Waals surface area contributed by atoms with Gasteiger partial charge in [-0.2, -0.15) is 23.4 Å². The van der Waals surface area contributed by atoms with Crippen LogP contribution in [-0.4, -0.2) is 38.0 Å². The number of amides is 1. The van der Waals surface area contributed by atoms with E-state index in [-0.39, 0.29) is 23.7 Å². The summed E-state index contributed by atoms with van der Waals surface area (Å²) in [5.41, 5.74) is -1.25. The molecular weight excluding hydrogens is 379 g/mol. The lowest BCUT2D eigenvalue weighted by molar-refractivity contribution is -0.141. The standard InChI is InChI=1S/C14H15ClF3N5O3/c1-4-26-13(25)8-5-19-22(3)12(8)20-9(24)6-23-7(2)10(15)11(21-23)14(16,17)18/h5H,4,6H2,1-3H3,(H,20,24). The average Bonchev–Trinajstić information content (AvgIpc) is 3.02. The van der Waals surface area contributed by atoms with E-state index in [0.29, 0.717) is 0 Å². The molecule has 0 saturated heterocycles. The molecule has 26 heavy (non-hydrogen) atoms. The Balaban J connectivity index is 2.21. The van der Waals surface area contributed by atoms with Crippen LogP contribution in [0.2, 0.25) is 5.02 Å². The smallest absolute Gasteiger partial charge is 0.436 e. The first-order chi connectivity index (χ1) is 12.1. The van der Waals surface area contributed by atoms with Gasteiger partial charge in [0.15, 0.2) is 5.69 Å². The zero-order chi connectivity index (χ0) is 19.6. The molecule has 0 fully saturated rings. The number of ether oxygens (including phenoxy) is 1. The summed E-state index contributed by atoms with van der Waals surface area (Å²) in [7, 11) is 1.48. The molecule has 0 radical (unpaired) electrons. The zero-order valence-electron chi connectivity index (χ0n) is 14.0. The van der Waals surface area contributed by atoms with E-state index in [2.05, 4.69) is 15.5 Å². The molecule has 0 aliphatic carbocycles. The van der Waals surface area contributed by atoms with Crippen LogP contribution in [-0.2, 0) is 29.3 Å². The van der Waals surface area contributed by atoms with E-state index in [1.807, 2.05) is 0 Å². The highest BCUT2D eigenvalue weighted by Gasteiger charge is 2.38. The van der Waals surface area contributed by atoms with Gasteiger partial charge in [0, 0.05) is 7.05 Å². The summed E-state index contributed by atoms with van der Waals surface area (Å²) in [6.45, 7) is 2.53. The molecule has 0 aliphatic rings. The molecule has 0 aliphatic heterocycles. The third kappa shape index (κ3) is 3.98. The summed E-state index contributed by atoms with van der Waals surface area (Å²) in [6.07, 6.45) is -3.52. The second-order valence-electron chi connectivity index (χ2n) is 5.20. The van der Waals surface area contributed by atoms with Crippen LogP contribution in [0.3, 0.4) is 0 Å². The van der Waals surface area contributed by atoms with Crippen LogP contribution in [0.15, 0.2) is 6.20 Å². The van der Waals surface area contributed by atoms with Crippen LogP contribution >= 0.6 is 11.6 Å². The minimum atomic E-state index is -4.73. The number of hydrogen-bond donors (Lipinski definition) is 1. The van der Waals surface area contributed by atoms with Crippen molar-refractivity contribution >= 4 is 29.3 Å². The van der Waals surface area contributed by atoms with Crippen LogP contribution in [0.5, 0.6) is 0 Å². The normalized spacial score (nSPS) is 11.5. The van der Waals surface area contributed by atoms with Crippen molar-refractivity contribution in [1.82, 2.24) is 19.6 Å². The number of carbonyl (C=O) groups excluding carboxylic acids is 2. The Morgan fingerprint density at radius 3 is 2.58 bits per heavy atom. The number of rotatable bonds is 5. The highest BCUT2D eigenvalue weighted by molar-refractivity contribution is 6.32. The van der Waals surface area contributed by atoms with Gasteiger partial charge >= 0.3 is 12.1 Å². The summed E-state index contributed by atoms with van der Waals surface area (Å²) in [5.74, 6) is -1.34. The van der Waals surface area contributed by atoms with Gasteiger partial charge in [-0.05, 0) is 13.8 Å². The number of nitrogens with zero attached hydrogens (tertiary/aromatic N) is 4. The van der Waals surface area contributed by atoms with Crippen molar-refractivity contribution in [1.29, 1.82) is 0 Å². The van der Waals surface area contributed by atoms with Gasteiger partial charge in [0.1, 0.15) is 17.9 Å². The minimum absolute atomic E-state index is 0.00948. The fourth-order valence-electron chi connectivity index (χ4n) is 2.11. The van der Waals surface area contributed by atoms with Gasteiger partial charge in [0.25, 0.3) is 0 Å². The maximum Gasteiger partial charge on any atom is 0.436 e. The Labute approximate surface area is 150 Å². The van der Waals surface area contributed by atoms with Crippen LogP contribution in [0.1, 0.15) is 28.7 Å². The van der Waals surface area contributed by atoms with E-state index in [0.717, 1.165) is 4.68 Å². The van der Waals surface area contributed by atoms with Gasteiger partial charge in [-0.25, -0.2) is 4.79 Å². The number of anilines is 1. The van der Waals surface area contributed by atoms with Crippen molar-refractivity contribution in [3.63, 3.8) is 0 Å². The molecule has 2 rings (SSSR count). The highest BCUT2D eigenvalue weighted by Crippen LogP contribution is 2.35. The van der Waals surface area contributed by atoms with E-state index in [1.165, 1.54) is 24.9 Å². The molecule has 0 aromatic carbocycles. The third-order valence-corrected chi connectivity index (χ3v) is 3.84. The molecule has 0 saturated carbocycles. The molecule has 2 heterocycles. The van der Waals surface area contributed by atoms with E-state index in [9.17, 15) is 22.8 Å². The van der Waals surface area contributed by atoms with Crippen LogP contribution < -0.4 is 5.32 Å². The number of carbonyl (C=O) groups is 2. The second-order valence-corrected chi connectivity index (χ2v) is 5.58. The van der Waals surface area contributed by atoms with Crippen LogP contribution in [0.4, 0.5) is 19.0 Å². The van der Waals surface area contributed by atoms with E-state index in [1.54, 1.807) is 6.92 Å². The van der Waals surface area contributed by atoms with E-state index < -0.39 is 35.3 Å². The molecule has 1 N–H and O–H groups in total. The lowest BCUT2D eigenvalue weighted by Gasteiger charge is -2.09. The molecule has 8 nitrogen and oxygen atoms in total. The number of halogens is 4. The number of alkyl halides is 3. The van der Waals surface area contributed by atoms with Crippen LogP contribution in [0.25, 0.3) is 0 Å². The van der Waals surface area contributed by atoms with Gasteiger partial charge in [0.05, 0.1) is 23.5 Å². The Kier molecular flexibility index (Phi) is 5.59. The lowest BCUT2D eigenvalue weighted by atomic mass is 10.3. The number of nitrogens with one attached hydrogen (secondary N) is 1. The molecule has 12 heteroatoms. The van der Waals surface area contributed by atoms with Gasteiger partial charge in [-0.3, -0.25) is 14.2 Å². The summed E-state index contributed by atoms with van der Waals surface area (Å²) < 4.78 is 45.4. The fourth-order valence-corrected chi connectivity index (χ4v) is 2.35. The first-order valence-corrected chi connectivity index (χ1v) is 7.73. The Bertz CT molecular complexity index is 844. The van der Waals surface area contributed by atoms with Gasteiger partial charge < -0.3 is 10.1 Å². The molecule has 0 unspecified atom stereocenters. The SMILES string of the molecule is CCOC(=O)c1cnn(C)c1NC(=O)Cn1nc(C(F)(F)F)c(Cl)c1C. The molecule has 0 atom stereocenters. The summed E-state index contributed by atoms with van der Waals surface area (Å²) in [6, 6.07) is 0. The number of esters is 1. The van der Waals surface area contributed by atoms with Gasteiger partial charge in [0.2, 0.25) is 5.91 Å². The topological polar surface area (TPSA) is 91.0 Å². The molecule has 142 valence electrons. The molecule has 2 aromatic rings. The lowest BCUT2D eigenvalue weighted by Crippen LogP contribution is -2.23.